The summed E-state index contributed by atoms with van der Waals surface area (Å²) in [5.41, 5.74) is 1.54. The second kappa shape index (κ2) is 11.6. The summed E-state index contributed by atoms with van der Waals surface area (Å²) < 4.78 is 16.5. The predicted octanol–water partition coefficient (Wildman–Crippen LogP) is 4.25. The quantitative estimate of drug-likeness (QED) is 0.613. The fourth-order valence-electron chi connectivity index (χ4n) is 4.42. The number of carbonyl (C=O) groups excluding carboxylic acids is 2. The molecule has 2 aromatic rings. The van der Waals surface area contributed by atoms with Crippen LogP contribution in [0.25, 0.3) is 0 Å². The Morgan fingerprint density at radius 3 is 2.09 bits per heavy atom. The molecule has 0 aromatic heterocycles. The molecule has 1 aliphatic carbocycles. The Morgan fingerprint density at radius 2 is 1.58 bits per heavy atom. The van der Waals surface area contributed by atoms with Crippen LogP contribution in [-0.4, -0.2) is 44.1 Å². The van der Waals surface area contributed by atoms with Crippen molar-refractivity contribution >= 4 is 11.8 Å². The van der Waals surface area contributed by atoms with Crippen LogP contribution in [0.3, 0.4) is 0 Å². The van der Waals surface area contributed by atoms with Gasteiger partial charge in [-0.05, 0) is 36.1 Å². The van der Waals surface area contributed by atoms with E-state index in [-0.39, 0.29) is 17.9 Å². The number of amides is 2. The van der Waals surface area contributed by atoms with Gasteiger partial charge < -0.3 is 24.4 Å². The van der Waals surface area contributed by atoms with Crippen molar-refractivity contribution in [3.05, 3.63) is 53.6 Å². The summed E-state index contributed by atoms with van der Waals surface area (Å²) in [7, 11) is 4.60. The number of benzene rings is 2. The van der Waals surface area contributed by atoms with Gasteiger partial charge in [0.15, 0.2) is 11.5 Å². The topological polar surface area (TPSA) is 77.1 Å². The molecule has 178 valence electrons. The minimum atomic E-state index is -0.849. The summed E-state index contributed by atoms with van der Waals surface area (Å²) in [6.45, 7) is 1.79. The molecule has 1 N–H and O–H groups in total. The third kappa shape index (κ3) is 5.97. The number of hydrogen-bond donors (Lipinski definition) is 1. The molecule has 0 saturated heterocycles. The van der Waals surface area contributed by atoms with Gasteiger partial charge in [0.1, 0.15) is 6.04 Å². The molecule has 33 heavy (non-hydrogen) atoms. The highest BCUT2D eigenvalue weighted by Crippen LogP contribution is 2.41. The maximum Gasteiger partial charge on any atom is 0.247 e. The first-order valence-electron chi connectivity index (χ1n) is 11.4. The number of carbonyl (C=O) groups is 2. The Kier molecular flexibility index (Phi) is 8.58. The molecule has 2 aromatic carbocycles. The maximum absolute atomic E-state index is 13.7. The van der Waals surface area contributed by atoms with Gasteiger partial charge in [-0.15, -0.1) is 0 Å². The first-order valence-corrected chi connectivity index (χ1v) is 11.4. The number of nitrogens with one attached hydrogen (secondary N) is 1. The highest BCUT2D eigenvalue weighted by molar-refractivity contribution is 5.88. The molecule has 0 spiro atoms. The molecule has 3 rings (SSSR count). The summed E-state index contributed by atoms with van der Waals surface area (Å²) in [5, 5.41) is 3.20. The van der Waals surface area contributed by atoms with Crippen LogP contribution in [0.4, 0.5) is 0 Å². The highest BCUT2D eigenvalue weighted by atomic mass is 16.5. The zero-order valence-corrected chi connectivity index (χ0v) is 19.9. The lowest BCUT2D eigenvalue weighted by Gasteiger charge is -2.33. The summed E-state index contributed by atoms with van der Waals surface area (Å²) in [6.07, 6.45) is 5.29. The zero-order valence-electron chi connectivity index (χ0n) is 19.9. The van der Waals surface area contributed by atoms with E-state index in [1.807, 2.05) is 30.3 Å². The molecule has 2 amide bonds. The molecule has 1 saturated carbocycles. The van der Waals surface area contributed by atoms with Crippen LogP contribution in [-0.2, 0) is 16.1 Å². The Hall–Kier alpha value is -3.22. The fraction of sp³-hybridized carbons (Fsp3) is 0.462. The van der Waals surface area contributed by atoms with Crippen LogP contribution < -0.4 is 19.5 Å². The van der Waals surface area contributed by atoms with Gasteiger partial charge in [-0.25, -0.2) is 0 Å². The van der Waals surface area contributed by atoms with Crippen molar-refractivity contribution < 1.29 is 23.8 Å². The summed E-state index contributed by atoms with van der Waals surface area (Å²) in [4.78, 5) is 28.1. The number of methoxy groups -OCH3 is 3. The number of rotatable bonds is 9. The van der Waals surface area contributed by atoms with Crippen LogP contribution in [0.5, 0.6) is 17.2 Å². The Balaban J connectivity index is 2.05. The van der Waals surface area contributed by atoms with Crippen LogP contribution >= 0.6 is 0 Å². The maximum atomic E-state index is 13.7. The van der Waals surface area contributed by atoms with Crippen LogP contribution in [0, 0.1) is 0 Å². The van der Waals surface area contributed by atoms with Crippen molar-refractivity contribution in [2.24, 2.45) is 0 Å². The minimum Gasteiger partial charge on any atom is -0.493 e. The molecule has 0 aliphatic heterocycles. The van der Waals surface area contributed by atoms with Gasteiger partial charge >= 0.3 is 0 Å². The van der Waals surface area contributed by atoms with E-state index in [0.717, 1.165) is 31.2 Å². The van der Waals surface area contributed by atoms with Crippen LogP contribution in [0.15, 0.2) is 42.5 Å². The first kappa shape index (κ1) is 24.4. The highest BCUT2D eigenvalue weighted by Gasteiger charge is 2.33. The normalized spacial score (nSPS) is 14.8. The Labute approximate surface area is 196 Å². The van der Waals surface area contributed by atoms with E-state index in [1.54, 1.807) is 17.0 Å². The minimum absolute atomic E-state index is 0.112. The van der Waals surface area contributed by atoms with Gasteiger partial charge in [-0.2, -0.15) is 0 Å². The van der Waals surface area contributed by atoms with Gasteiger partial charge in [0.25, 0.3) is 0 Å². The molecule has 7 heteroatoms. The predicted molar refractivity (Wildman–Crippen MR) is 127 cm³/mol. The van der Waals surface area contributed by atoms with Crippen molar-refractivity contribution in [2.45, 2.75) is 57.7 Å². The second-order valence-electron chi connectivity index (χ2n) is 8.34. The largest absolute Gasteiger partial charge is 0.493 e. The van der Waals surface area contributed by atoms with Gasteiger partial charge in [-0.1, -0.05) is 49.6 Å². The molecule has 1 atom stereocenters. The summed E-state index contributed by atoms with van der Waals surface area (Å²) in [6, 6.07) is 12.4. The first-order chi connectivity index (χ1) is 16.0. The van der Waals surface area contributed by atoms with Gasteiger partial charge in [0, 0.05) is 19.5 Å². The molecule has 1 fully saturated rings. The molecule has 0 heterocycles. The molecule has 0 radical (unpaired) electrons. The third-order valence-corrected chi connectivity index (χ3v) is 6.11. The molecule has 1 unspecified atom stereocenters. The van der Waals surface area contributed by atoms with E-state index in [4.69, 9.17) is 14.2 Å². The van der Waals surface area contributed by atoms with Crippen molar-refractivity contribution in [3.63, 3.8) is 0 Å². The van der Waals surface area contributed by atoms with E-state index < -0.39 is 6.04 Å². The second-order valence-corrected chi connectivity index (χ2v) is 8.34. The van der Waals surface area contributed by atoms with Gasteiger partial charge in [-0.3, -0.25) is 9.59 Å². The molecular weight excluding hydrogens is 420 g/mol. The lowest BCUT2D eigenvalue weighted by atomic mass is 9.94. The van der Waals surface area contributed by atoms with E-state index >= 15 is 0 Å². The third-order valence-electron chi connectivity index (χ3n) is 6.11. The van der Waals surface area contributed by atoms with E-state index in [2.05, 4.69) is 5.32 Å². The zero-order chi connectivity index (χ0) is 23.8. The van der Waals surface area contributed by atoms with Gasteiger partial charge in [0.2, 0.25) is 17.6 Å². The smallest absolute Gasteiger partial charge is 0.247 e. The lowest BCUT2D eigenvalue weighted by Crippen LogP contribution is -2.46. The average molecular weight is 455 g/mol. The average Bonchev–Trinajstić information content (AvgIpc) is 2.84. The van der Waals surface area contributed by atoms with E-state index in [9.17, 15) is 9.59 Å². The molecule has 7 nitrogen and oxygen atoms in total. The van der Waals surface area contributed by atoms with Crippen molar-refractivity contribution in [1.29, 1.82) is 0 Å². The summed E-state index contributed by atoms with van der Waals surface area (Å²) >= 11 is 0. The van der Waals surface area contributed by atoms with Crippen molar-refractivity contribution in [3.8, 4) is 17.2 Å². The monoisotopic (exact) mass is 454 g/mol. The molecular formula is C26H34N2O5. The standard InChI is InChI=1S/C26H34N2O5/c1-18(29)28(17-19-11-7-5-8-12-19)24(26(30)27-21-13-9-6-10-14-21)20-15-22(31-2)25(33-4)23(16-20)32-3/h5,7-8,11-12,15-16,21,24H,6,9-10,13-14,17H2,1-4H3,(H,27,30). The molecule has 1 aliphatic rings. The Morgan fingerprint density at radius 1 is 0.970 bits per heavy atom. The number of ether oxygens (including phenoxy) is 3. The van der Waals surface area contributed by atoms with Crippen LogP contribution in [0.2, 0.25) is 0 Å². The number of hydrogen-bond acceptors (Lipinski definition) is 5. The van der Waals surface area contributed by atoms with Crippen molar-refractivity contribution in [2.75, 3.05) is 21.3 Å². The van der Waals surface area contributed by atoms with E-state index in [0.29, 0.717) is 29.4 Å². The van der Waals surface area contributed by atoms with Crippen LogP contribution in [0.1, 0.15) is 56.2 Å². The SMILES string of the molecule is COc1cc(C(C(=O)NC2CCCCC2)N(Cc2ccccc2)C(C)=O)cc(OC)c1OC. The number of nitrogens with zero attached hydrogens (tertiary/aromatic N) is 1. The van der Waals surface area contributed by atoms with E-state index in [1.165, 1.54) is 34.7 Å². The summed E-state index contributed by atoms with van der Waals surface area (Å²) in [5.74, 6) is 0.905. The lowest BCUT2D eigenvalue weighted by molar-refractivity contribution is -0.140. The fourth-order valence-corrected chi connectivity index (χ4v) is 4.42. The molecule has 0 bridgehead atoms. The van der Waals surface area contributed by atoms with Crippen molar-refractivity contribution in [1.82, 2.24) is 10.2 Å². The van der Waals surface area contributed by atoms with Gasteiger partial charge in [0.05, 0.1) is 21.3 Å². The Bertz CT molecular complexity index is 916.